The molecule has 2 aromatic carbocycles. The lowest BCUT2D eigenvalue weighted by atomic mass is 9.84. The molecule has 0 radical (unpaired) electrons. The van der Waals surface area contributed by atoms with Crippen molar-refractivity contribution in [3.63, 3.8) is 0 Å². The van der Waals surface area contributed by atoms with Gasteiger partial charge in [-0.25, -0.2) is 4.39 Å². The van der Waals surface area contributed by atoms with Gasteiger partial charge < -0.3 is 15.0 Å². The third kappa shape index (κ3) is 4.50. The fourth-order valence-electron chi connectivity index (χ4n) is 4.49. The van der Waals surface area contributed by atoms with E-state index in [-0.39, 0.29) is 17.7 Å². The summed E-state index contributed by atoms with van der Waals surface area (Å²) >= 11 is 1.39. The Morgan fingerprint density at radius 2 is 1.90 bits per heavy atom. The summed E-state index contributed by atoms with van der Waals surface area (Å²) in [5.41, 5.74) is 1.74. The molecule has 1 amide bonds. The minimum Gasteiger partial charge on any atom is -0.486 e. The second-order valence-electron chi connectivity index (χ2n) is 8.30. The minimum atomic E-state index is -0.403. The van der Waals surface area contributed by atoms with Crippen molar-refractivity contribution in [1.82, 2.24) is 10.2 Å². The van der Waals surface area contributed by atoms with Crippen LogP contribution in [0.2, 0.25) is 0 Å². The molecule has 3 aliphatic rings. The Hall–Kier alpha value is -2.70. The molecule has 160 valence electrons. The summed E-state index contributed by atoms with van der Waals surface area (Å²) in [5.74, 6) is 0.383. The Labute approximate surface area is 185 Å². The molecule has 1 unspecified atom stereocenters. The smallest absolute Gasteiger partial charge is 0.261 e. The number of rotatable bonds is 6. The number of halogens is 1. The summed E-state index contributed by atoms with van der Waals surface area (Å²) in [6.07, 6.45) is 2.33. The van der Waals surface area contributed by atoms with E-state index in [1.807, 2.05) is 48.5 Å². The van der Waals surface area contributed by atoms with Crippen molar-refractivity contribution >= 4 is 17.2 Å². The molecule has 6 heteroatoms. The fourth-order valence-corrected chi connectivity index (χ4v) is 5.40. The lowest BCUT2D eigenvalue weighted by Crippen LogP contribution is -2.57. The largest absolute Gasteiger partial charge is 0.486 e. The second kappa shape index (κ2) is 8.81. The highest BCUT2D eigenvalue weighted by Gasteiger charge is 2.35. The zero-order valence-corrected chi connectivity index (χ0v) is 18.0. The van der Waals surface area contributed by atoms with Crippen LogP contribution in [0.1, 0.15) is 28.1 Å². The van der Waals surface area contributed by atoms with Crippen LogP contribution in [0.3, 0.4) is 0 Å². The van der Waals surface area contributed by atoms with Crippen LogP contribution in [0.4, 0.5) is 4.39 Å². The molecule has 3 aromatic rings. The molecule has 31 heavy (non-hydrogen) atoms. The van der Waals surface area contributed by atoms with E-state index in [1.165, 1.54) is 30.2 Å². The average Bonchev–Trinajstić information content (AvgIpc) is 3.30. The van der Waals surface area contributed by atoms with Crippen LogP contribution >= 0.6 is 11.3 Å². The molecule has 0 spiro atoms. The fraction of sp³-hybridized carbons (Fsp3) is 0.320. The molecule has 2 bridgehead atoms. The van der Waals surface area contributed by atoms with Gasteiger partial charge in [0, 0.05) is 17.5 Å². The van der Waals surface area contributed by atoms with E-state index in [0.717, 1.165) is 35.6 Å². The molecule has 0 saturated carbocycles. The van der Waals surface area contributed by atoms with E-state index in [0.29, 0.717) is 17.4 Å². The van der Waals surface area contributed by atoms with E-state index < -0.39 is 5.82 Å². The normalized spacial score (nSPS) is 22.3. The van der Waals surface area contributed by atoms with Crippen molar-refractivity contribution in [2.45, 2.75) is 25.5 Å². The van der Waals surface area contributed by atoms with E-state index >= 15 is 0 Å². The van der Waals surface area contributed by atoms with Gasteiger partial charge in [0.15, 0.2) is 11.6 Å². The highest BCUT2D eigenvalue weighted by molar-refractivity contribution is 7.17. The number of fused-ring (bicyclic) bond motifs is 3. The van der Waals surface area contributed by atoms with Gasteiger partial charge in [-0.05, 0) is 73.3 Å². The second-order valence-corrected chi connectivity index (χ2v) is 9.39. The third-order valence-electron chi connectivity index (χ3n) is 6.26. The SMILES string of the molecule is O=C(NC1CN2CCC1CC2)c1ccc(-c2ccc(OCc3ccccc3)c(F)c2)s1. The molecular formula is C25H25FN2O2S. The molecule has 0 aliphatic carbocycles. The highest BCUT2D eigenvalue weighted by Crippen LogP contribution is 2.32. The number of nitrogens with zero attached hydrogens (tertiary/aromatic N) is 1. The van der Waals surface area contributed by atoms with Gasteiger partial charge in [0.2, 0.25) is 0 Å². The summed E-state index contributed by atoms with van der Waals surface area (Å²) in [4.78, 5) is 16.7. The van der Waals surface area contributed by atoms with Crippen molar-refractivity contribution in [3.8, 4) is 16.2 Å². The first-order valence-corrected chi connectivity index (χ1v) is 11.6. The minimum absolute atomic E-state index is 0.0294. The number of piperidine rings is 3. The summed E-state index contributed by atoms with van der Waals surface area (Å²) in [7, 11) is 0. The molecule has 4 nitrogen and oxygen atoms in total. The molecule has 1 atom stereocenters. The number of carbonyl (C=O) groups is 1. The van der Waals surface area contributed by atoms with Crippen LogP contribution in [-0.4, -0.2) is 36.5 Å². The first-order valence-electron chi connectivity index (χ1n) is 10.8. The zero-order chi connectivity index (χ0) is 21.2. The van der Waals surface area contributed by atoms with Crippen molar-refractivity contribution < 1.29 is 13.9 Å². The molecule has 3 fully saturated rings. The summed E-state index contributed by atoms with van der Waals surface area (Å²) < 4.78 is 20.2. The van der Waals surface area contributed by atoms with Crippen molar-refractivity contribution in [1.29, 1.82) is 0 Å². The molecular weight excluding hydrogens is 411 g/mol. The van der Waals surface area contributed by atoms with Gasteiger partial charge in [-0.15, -0.1) is 11.3 Å². The van der Waals surface area contributed by atoms with Crippen molar-refractivity contribution in [2.75, 3.05) is 19.6 Å². The highest BCUT2D eigenvalue weighted by atomic mass is 32.1. The van der Waals surface area contributed by atoms with Crippen LogP contribution in [0, 0.1) is 11.7 Å². The van der Waals surface area contributed by atoms with E-state index in [9.17, 15) is 9.18 Å². The summed E-state index contributed by atoms with van der Waals surface area (Å²) in [6, 6.07) is 18.6. The quantitative estimate of drug-likeness (QED) is 0.594. The van der Waals surface area contributed by atoms with Crippen LogP contribution in [-0.2, 0) is 6.61 Å². The monoisotopic (exact) mass is 436 g/mol. The van der Waals surface area contributed by atoms with Gasteiger partial charge in [-0.2, -0.15) is 0 Å². The van der Waals surface area contributed by atoms with E-state index in [1.54, 1.807) is 6.07 Å². The Balaban J connectivity index is 1.24. The Kier molecular flexibility index (Phi) is 5.74. The Morgan fingerprint density at radius 1 is 1.10 bits per heavy atom. The number of benzene rings is 2. The topological polar surface area (TPSA) is 41.6 Å². The predicted octanol–water partition coefficient (Wildman–Crippen LogP) is 4.96. The van der Waals surface area contributed by atoms with Gasteiger partial charge in [0.1, 0.15) is 6.61 Å². The zero-order valence-electron chi connectivity index (χ0n) is 17.2. The Bertz CT molecular complexity index is 1060. The molecule has 1 aromatic heterocycles. The van der Waals surface area contributed by atoms with Gasteiger partial charge >= 0.3 is 0 Å². The van der Waals surface area contributed by atoms with Crippen molar-refractivity contribution in [3.05, 3.63) is 76.9 Å². The lowest BCUT2D eigenvalue weighted by Gasteiger charge is -2.44. The van der Waals surface area contributed by atoms with Gasteiger partial charge in [-0.3, -0.25) is 4.79 Å². The molecule has 6 rings (SSSR count). The number of nitrogens with one attached hydrogen (secondary N) is 1. The first kappa shape index (κ1) is 20.2. The maximum absolute atomic E-state index is 14.6. The summed E-state index contributed by atoms with van der Waals surface area (Å²) in [6.45, 7) is 3.57. The van der Waals surface area contributed by atoms with E-state index in [4.69, 9.17) is 4.74 Å². The standard InChI is InChI=1S/C25H25FN2O2S/c26-20-14-19(6-7-22(20)30-16-17-4-2-1-3-5-17)23-8-9-24(31-23)25(29)27-21-15-28-12-10-18(21)11-13-28/h1-9,14,18,21H,10-13,15-16H2,(H,27,29). The van der Waals surface area contributed by atoms with Crippen LogP contribution < -0.4 is 10.1 Å². The number of hydrogen-bond donors (Lipinski definition) is 1. The molecule has 3 aliphatic heterocycles. The van der Waals surface area contributed by atoms with E-state index in [2.05, 4.69) is 10.2 Å². The predicted molar refractivity (Wildman–Crippen MR) is 121 cm³/mol. The summed E-state index contributed by atoms with van der Waals surface area (Å²) in [5, 5.41) is 3.22. The maximum Gasteiger partial charge on any atom is 0.261 e. The first-order chi connectivity index (χ1) is 15.2. The number of thiophene rings is 1. The Morgan fingerprint density at radius 3 is 2.61 bits per heavy atom. The van der Waals surface area contributed by atoms with Crippen LogP contribution in [0.15, 0.2) is 60.7 Å². The lowest BCUT2D eigenvalue weighted by molar-refractivity contribution is 0.0622. The van der Waals surface area contributed by atoms with Crippen LogP contribution in [0.25, 0.3) is 10.4 Å². The number of ether oxygens (including phenoxy) is 1. The van der Waals surface area contributed by atoms with Gasteiger partial charge in [-0.1, -0.05) is 30.3 Å². The van der Waals surface area contributed by atoms with Crippen LogP contribution in [0.5, 0.6) is 5.75 Å². The maximum atomic E-state index is 14.6. The van der Waals surface area contributed by atoms with Gasteiger partial charge in [0.25, 0.3) is 5.91 Å². The number of carbonyl (C=O) groups excluding carboxylic acids is 1. The third-order valence-corrected chi connectivity index (χ3v) is 7.39. The number of amides is 1. The number of hydrogen-bond acceptors (Lipinski definition) is 4. The van der Waals surface area contributed by atoms with Gasteiger partial charge in [0.05, 0.1) is 4.88 Å². The molecule has 4 heterocycles. The molecule has 1 N–H and O–H groups in total. The molecule has 3 saturated heterocycles. The average molecular weight is 437 g/mol. The van der Waals surface area contributed by atoms with Crippen molar-refractivity contribution in [2.24, 2.45) is 5.92 Å².